The van der Waals surface area contributed by atoms with Gasteiger partial charge in [-0.05, 0) is 41.5 Å². The van der Waals surface area contributed by atoms with Crippen LogP contribution in [0.2, 0.25) is 0 Å². The Balaban J connectivity index is 3.31. The summed E-state index contributed by atoms with van der Waals surface area (Å²) in [7, 11) is 0. The molecule has 16 heavy (non-hydrogen) atoms. The highest BCUT2D eigenvalue weighted by Crippen LogP contribution is 2.34. The van der Waals surface area contributed by atoms with Crippen LogP contribution >= 0.6 is 0 Å². The van der Waals surface area contributed by atoms with Crippen LogP contribution in [0.15, 0.2) is 12.1 Å². The first-order valence-corrected chi connectivity index (χ1v) is 5.95. The third-order valence-corrected chi connectivity index (χ3v) is 2.88. The van der Waals surface area contributed by atoms with Crippen molar-refractivity contribution in [1.82, 2.24) is 0 Å². The second kappa shape index (κ2) is 4.88. The standard InChI is InChI=1S/C14H23NO/c1-5-10-8-11(6-7-15)13(16)12(9-10)14(2,3)4/h8-9,16H,5-7,15H2,1-4H3. The Bertz CT molecular complexity index is 364. The fraction of sp³-hybridized carbons (Fsp3) is 0.571. The lowest BCUT2D eigenvalue weighted by atomic mass is 9.83. The largest absolute Gasteiger partial charge is 0.507 e. The molecule has 0 unspecified atom stereocenters. The number of hydrogen-bond acceptors (Lipinski definition) is 2. The predicted octanol–water partition coefficient (Wildman–Crippen LogP) is 2.75. The van der Waals surface area contributed by atoms with Gasteiger partial charge in [-0.15, -0.1) is 0 Å². The maximum absolute atomic E-state index is 10.2. The van der Waals surface area contributed by atoms with E-state index in [1.54, 1.807) is 0 Å². The molecule has 0 saturated heterocycles. The summed E-state index contributed by atoms with van der Waals surface area (Å²) < 4.78 is 0. The van der Waals surface area contributed by atoms with Crippen LogP contribution in [0.3, 0.4) is 0 Å². The quantitative estimate of drug-likeness (QED) is 0.824. The molecule has 0 aliphatic rings. The normalized spacial score (nSPS) is 11.8. The summed E-state index contributed by atoms with van der Waals surface area (Å²) in [5, 5.41) is 10.2. The minimum atomic E-state index is -0.0292. The van der Waals surface area contributed by atoms with Crippen molar-refractivity contribution in [3.63, 3.8) is 0 Å². The van der Waals surface area contributed by atoms with Gasteiger partial charge in [0, 0.05) is 0 Å². The molecule has 0 fully saturated rings. The van der Waals surface area contributed by atoms with Crippen molar-refractivity contribution in [2.45, 2.75) is 46.0 Å². The molecule has 0 amide bonds. The van der Waals surface area contributed by atoms with Crippen molar-refractivity contribution in [3.8, 4) is 5.75 Å². The zero-order valence-corrected chi connectivity index (χ0v) is 10.8. The van der Waals surface area contributed by atoms with E-state index in [-0.39, 0.29) is 5.41 Å². The smallest absolute Gasteiger partial charge is 0.122 e. The van der Waals surface area contributed by atoms with Gasteiger partial charge in [0.2, 0.25) is 0 Å². The van der Waals surface area contributed by atoms with Gasteiger partial charge in [-0.25, -0.2) is 0 Å². The molecule has 0 radical (unpaired) electrons. The zero-order chi connectivity index (χ0) is 12.3. The third kappa shape index (κ3) is 2.76. The van der Waals surface area contributed by atoms with Crippen LogP contribution in [0.5, 0.6) is 5.75 Å². The molecule has 1 aromatic carbocycles. The highest BCUT2D eigenvalue weighted by Gasteiger charge is 2.20. The van der Waals surface area contributed by atoms with Gasteiger partial charge in [0.05, 0.1) is 0 Å². The van der Waals surface area contributed by atoms with E-state index in [2.05, 4.69) is 39.8 Å². The Morgan fingerprint density at radius 3 is 2.31 bits per heavy atom. The molecule has 0 heterocycles. The van der Waals surface area contributed by atoms with Crippen LogP contribution in [0.4, 0.5) is 0 Å². The van der Waals surface area contributed by atoms with E-state index in [0.29, 0.717) is 12.3 Å². The van der Waals surface area contributed by atoms with Crippen LogP contribution in [0.25, 0.3) is 0 Å². The molecule has 0 atom stereocenters. The van der Waals surface area contributed by atoms with E-state index in [4.69, 9.17) is 5.73 Å². The summed E-state index contributed by atoms with van der Waals surface area (Å²) in [6.07, 6.45) is 1.73. The topological polar surface area (TPSA) is 46.2 Å². The minimum Gasteiger partial charge on any atom is -0.507 e. The molecule has 2 heteroatoms. The highest BCUT2D eigenvalue weighted by molar-refractivity contribution is 5.47. The first-order chi connectivity index (χ1) is 7.40. The second-order valence-electron chi connectivity index (χ2n) is 5.29. The van der Waals surface area contributed by atoms with Gasteiger partial charge in [-0.3, -0.25) is 0 Å². The average molecular weight is 221 g/mol. The van der Waals surface area contributed by atoms with Crippen molar-refractivity contribution in [2.24, 2.45) is 5.73 Å². The van der Waals surface area contributed by atoms with Gasteiger partial charge in [0.15, 0.2) is 0 Å². The molecule has 0 aliphatic heterocycles. The fourth-order valence-electron chi connectivity index (χ4n) is 1.88. The Morgan fingerprint density at radius 1 is 1.25 bits per heavy atom. The number of phenols is 1. The molecule has 0 aromatic heterocycles. The first-order valence-electron chi connectivity index (χ1n) is 5.95. The molecular weight excluding hydrogens is 198 g/mol. The number of aromatic hydroxyl groups is 1. The monoisotopic (exact) mass is 221 g/mol. The molecule has 0 aliphatic carbocycles. The van der Waals surface area contributed by atoms with Crippen LogP contribution in [0.1, 0.15) is 44.4 Å². The molecule has 3 N–H and O–H groups in total. The van der Waals surface area contributed by atoms with Gasteiger partial charge < -0.3 is 10.8 Å². The van der Waals surface area contributed by atoms with E-state index in [1.807, 2.05) is 0 Å². The lowest BCUT2D eigenvalue weighted by molar-refractivity contribution is 0.440. The van der Waals surface area contributed by atoms with Crippen LogP contribution in [0, 0.1) is 0 Å². The van der Waals surface area contributed by atoms with Crippen molar-refractivity contribution >= 4 is 0 Å². The number of nitrogens with two attached hydrogens (primary N) is 1. The van der Waals surface area contributed by atoms with Gasteiger partial charge in [-0.1, -0.05) is 39.8 Å². The molecule has 0 saturated carbocycles. The maximum atomic E-state index is 10.2. The fourth-order valence-corrected chi connectivity index (χ4v) is 1.88. The Labute approximate surface area is 98.5 Å². The molecular formula is C14H23NO. The second-order valence-corrected chi connectivity index (χ2v) is 5.29. The number of phenolic OH excluding ortho intramolecular Hbond substituents is 1. The van der Waals surface area contributed by atoms with Crippen LogP contribution in [-0.4, -0.2) is 11.7 Å². The summed E-state index contributed by atoms with van der Waals surface area (Å²) >= 11 is 0. The van der Waals surface area contributed by atoms with E-state index in [0.717, 1.165) is 24.0 Å². The van der Waals surface area contributed by atoms with Crippen molar-refractivity contribution in [3.05, 3.63) is 28.8 Å². The summed E-state index contributed by atoms with van der Waals surface area (Å²) in [6, 6.07) is 4.17. The minimum absolute atomic E-state index is 0.0292. The van der Waals surface area contributed by atoms with E-state index < -0.39 is 0 Å². The lowest BCUT2D eigenvalue weighted by Gasteiger charge is -2.23. The molecule has 1 rings (SSSR count). The first kappa shape index (κ1) is 13.0. The highest BCUT2D eigenvalue weighted by atomic mass is 16.3. The number of rotatable bonds is 3. The number of hydrogen-bond donors (Lipinski definition) is 2. The van der Waals surface area contributed by atoms with E-state index in [1.165, 1.54) is 5.56 Å². The van der Waals surface area contributed by atoms with Crippen molar-refractivity contribution in [2.75, 3.05) is 6.54 Å². The lowest BCUT2D eigenvalue weighted by Crippen LogP contribution is -2.14. The van der Waals surface area contributed by atoms with Gasteiger partial charge in [0.25, 0.3) is 0 Å². The van der Waals surface area contributed by atoms with Crippen LogP contribution in [-0.2, 0) is 18.3 Å². The predicted molar refractivity (Wildman–Crippen MR) is 68.9 cm³/mol. The molecule has 0 bridgehead atoms. The average Bonchev–Trinajstić information content (AvgIpc) is 2.19. The number of aryl methyl sites for hydroxylation is 1. The van der Waals surface area contributed by atoms with Gasteiger partial charge in [0.1, 0.15) is 5.75 Å². The van der Waals surface area contributed by atoms with Crippen LogP contribution < -0.4 is 5.73 Å². The summed E-state index contributed by atoms with van der Waals surface area (Å²) in [5.41, 5.74) is 8.81. The van der Waals surface area contributed by atoms with Gasteiger partial charge in [-0.2, -0.15) is 0 Å². The summed E-state index contributed by atoms with van der Waals surface area (Å²) in [5.74, 6) is 0.426. The Kier molecular flexibility index (Phi) is 3.98. The van der Waals surface area contributed by atoms with Gasteiger partial charge >= 0.3 is 0 Å². The number of benzene rings is 1. The van der Waals surface area contributed by atoms with E-state index >= 15 is 0 Å². The third-order valence-electron chi connectivity index (χ3n) is 2.88. The summed E-state index contributed by atoms with van der Waals surface area (Å²) in [4.78, 5) is 0. The van der Waals surface area contributed by atoms with Crippen molar-refractivity contribution in [1.29, 1.82) is 0 Å². The Hall–Kier alpha value is -1.02. The van der Waals surface area contributed by atoms with E-state index in [9.17, 15) is 5.11 Å². The molecule has 0 spiro atoms. The van der Waals surface area contributed by atoms with Crippen molar-refractivity contribution < 1.29 is 5.11 Å². The molecule has 90 valence electrons. The SMILES string of the molecule is CCc1cc(CCN)c(O)c(C(C)(C)C)c1. The summed E-state index contributed by atoms with van der Waals surface area (Å²) in [6.45, 7) is 9.06. The Morgan fingerprint density at radius 2 is 1.88 bits per heavy atom. The molecule has 1 aromatic rings. The maximum Gasteiger partial charge on any atom is 0.122 e. The zero-order valence-electron chi connectivity index (χ0n) is 10.8. The molecule has 2 nitrogen and oxygen atoms in total.